The number of hydrogen-bond acceptors (Lipinski definition) is 5. The molecule has 0 radical (unpaired) electrons. The molecule has 2 aromatic rings. The van der Waals surface area contributed by atoms with Crippen molar-refractivity contribution >= 4 is 17.6 Å². The van der Waals surface area contributed by atoms with E-state index in [0.29, 0.717) is 41.8 Å². The first-order valence-corrected chi connectivity index (χ1v) is 10.2. The van der Waals surface area contributed by atoms with E-state index in [2.05, 4.69) is 44.5 Å². The molecule has 0 unspecified atom stereocenters. The Hall–Kier alpha value is -2.12. The van der Waals surface area contributed by atoms with Crippen LogP contribution in [0.3, 0.4) is 0 Å². The van der Waals surface area contributed by atoms with Gasteiger partial charge < -0.3 is 20.1 Å². The number of nitrogens with one attached hydrogen (secondary N) is 2. The van der Waals surface area contributed by atoms with Gasteiger partial charge in [-0.15, -0.1) is 0 Å². The van der Waals surface area contributed by atoms with Gasteiger partial charge in [0.15, 0.2) is 5.96 Å². The molecule has 0 spiro atoms. The van der Waals surface area contributed by atoms with E-state index in [1.54, 1.807) is 7.05 Å². The summed E-state index contributed by atoms with van der Waals surface area (Å²) in [5.41, 5.74) is 0.887. The van der Waals surface area contributed by atoms with Crippen LogP contribution in [0.25, 0.3) is 11.4 Å². The van der Waals surface area contributed by atoms with E-state index in [-0.39, 0.29) is 0 Å². The van der Waals surface area contributed by atoms with Crippen LogP contribution < -0.4 is 10.6 Å². The fourth-order valence-electron chi connectivity index (χ4n) is 3.31. The molecule has 1 saturated heterocycles. The van der Waals surface area contributed by atoms with Gasteiger partial charge in [-0.1, -0.05) is 16.8 Å². The van der Waals surface area contributed by atoms with E-state index in [1.165, 1.54) is 0 Å². The maximum absolute atomic E-state index is 5.91. The molecule has 1 aromatic carbocycles. The molecule has 8 heteroatoms. The lowest BCUT2D eigenvalue weighted by Gasteiger charge is -2.35. The van der Waals surface area contributed by atoms with Crippen molar-refractivity contribution in [2.75, 3.05) is 26.7 Å². The van der Waals surface area contributed by atoms with E-state index in [0.717, 1.165) is 37.5 Å². The third-order valence-electron chi connectivity index (χ3n) is 5.03. The highest BCUT2D eigenvalue weighted by Crippen LogP contribution is 2.18. The van der Waals surface area contributed by atoms with Crippen LogP contribution in [-0.2, 0) is 6.42 Å². The Labute approximate surface area is 171 Å². The van der Waals surface area contributed by atoms with E-state index in [9.17, 15) is 0 Å². The first-order valence-electron chi connectivity index (χ1n) is 9.85. The van der Waals surface area contributed by atoms with Gasteiger partial charge in [-0.05, 0) is 51.0 Å². The Morgan fingerprint density at radius 1 is 1.29 bits per heavy atom. The highest BCUT2D eigenvalue weighted by molar-refractivity contribution is 6.30. The van der Waals surface area contributed by atoms with Crippen LogP contribution in [0.15, 0.2) is 33.8 Å². The van der Waals surface area contributed by atoms with Gasteiger partial charge in [0.25, 0.3) is 0 Å². The molecule has 1 aliphatic rings. The zero-order valence-electron chi connectivity index (χ0n) is 16.8. The van der Waals surface area contributed by atoms with Crippen molar-refractivity contribution in [3.63, 3.8) is 0 Å². The van der Waals surface area contributed by atoms with Crippen LogP contribution in [0.4, 0.5) is 0 Å². The molecular formula is C20H29ClN6O. The van der Waals surface area contributed by atoms with E-state index in [4.69, 9.17) is 16.1 Å². The minimum absolute atomic E-state index is 0.459. The van der Waals surface area contributed by atoms with Gasteiger partial charge in [0.05, 0.1) is 0 Å². The monoisotopic (exact) mass is 404 g/mol. The molecule has 2 N–H and O–H groups in total. The lowest BCUT2D eigenvalue weighted by molar-refractivity contribution is 0.167. The number of rotatable bonds is 6. The van der Waals surface area contributed by atoms with Gasteiger partial charge in [0.2, 0.25) is 11.7 Å². The van der Waals surface area contributed by atoms with Crippen molar-refractivity contribution in [1.82, 2.24) is 25.7 Å². The van der Waals surface area contributed by atoms with Crippen LogP contribution in [-0.4, -0.2) is 59.8 Å². The van der Waals surface area contributed by atoms with Gasteiger partial charge >= 0.3 is 0 Å². The molecule has 1 fully saturated rings. The largest absolute Gasteiger partial charge is 0.356 e. The minimum Gasteiger partial charge on any atom is -0.356 e. The van der Waals surface area contributed by atoms with Crippen LogP contribution in [0.1, 0.15) is 32.6 Å². The Balaban J connectivity index is 1.43. The Morgan fingerprint density at radius 2 is 2.00 bits per heavy atom. The smallest absolute Gasteiger partial charge is 0.228 e. The second-order valence-corrected chi connectivity index (χ2v) is 7.75. The maximum Gasteiger partial charge on any atom is 0.228 e. The fourth-order valence-corrected chi connectivity index (χ4v) is 3.43. The van der Waals surface area contributed by atoms with Crippen molar-refractivity contribution in [2.45, 2.75) is 45.2 Å². The molecule has 7 nitrogen and oxygen atoms in total. The summed E-state index contributed by atoms with van der Waals surface area (Å²) < 4.78 is 5.35. The molecule has 1 aromatic heterocycles. The topological polar surface area (TPSA) is 78.6 Å². The highest BCUT2D eigenvalue weighted by Gasteiger charge is 2.21. The predicted molar refractivity (Wildman–Crippen MR) is 113 cm³/mol. The number of piperidine rings is 1. The average molecular weight is 405 g/mol. The van der Waals surface area contributed by atoms with Crippen molar-refractivity contribution in [3.8, 4) is 11.4 Å². The number of halogens is 1. The summed E-state index contributed by atoms with van der Waals surface area (Å²) in [5.74, 6) is 1.99. The molecule has 2 heterocycles. The van der Waals surface area contributed by atoms with Crippen LogP contribution in [0.5, 0.6) is 0 Å². The Morgan fingerprint density at radius 3 is 2.64 bits per heavy atom. The second kappa shape index (κ2) is 9.89. The molecule has 0 atom stereocenters. The van der Waals surface area contributed by atoms with E-state index < -0.39 is 0 Å². The summed E-state index contributed by atoms with van der Waals surface area (Å²) in [7, 11) is 1.80. The second-order valence-electron chi connectivity index (χ2n) is 7.32. The molecule has 0 bridgehead atoms. The molecule has 0 amide bonds. The summed E-state index contributed by atoms with van der Waals surface area (Å²) >= 11 is 5.91. The molecule has 0 aliphatic carbocycles. The van der Waals surface area contributed by atoms with Gasteiger partial charge in [0.1, 0.15) is 0 Å². The first-order chi connectivity index (χ1) is 13.5. The number of aromatic nitrogens is 2. The normalized spacial score (nSPS) is 16.5. The number of likely N-dealkylation sites (tertiary alicyclic amines) is 1. The molecule has 152 valence electrons. The fraction of sp³-hybridized carbons (Fsp3) is 0.550. The van der Waals surface area contributed by atoms with Crippen molar-refractivity contribution in [3.05, 3.63) is 35.2 Å². The highest BCUT2D eigenvalue weighted by atomic mass is 35.5. The van der Waals surface area contributed by atoms with E-state index in [1.807, 2.05) is 24.3 Å². The van der Waals surface area contributed by atoms with Gasteiger partial charge in [-0.25, -0.2) is 0 Å². The Bertz CT molecular complexity index is 765. The third-order valence-corrected chi connectivity index (χ3v) is 5.28. The summed E-state index contributed by atoms with van der Waals surface area (Å²) in [4.78, 5) is 11.3. The van der Waals surface area contributed by atoms with Crippen LogP contribution in [0.2, 0.25) is 5.02 Å². The molecular weight excluding hydrogens is 376 g/mol. The number of nitrogens with zero attached hydrogens (tertiary/aromatic N) is 4. The van der Waals surface area contributed by atoms with Gasteiger partial charge in [-0.3, -0.25) is 4.99 Å². The zero-order chi connectivity index (χ0) is 19.9. The van der Waals surface area contributed by atoms with Crippen molar-refractivity contribution in [2.24, 2.45) is 4.99 Å². The SMILES string of the molecule is CN=C(NCCc1nc(-c2ccc(Cl)cc2)no1)NC1CCN(C(C)C)CC1. The summed E-state index contributed by atoms with van der Waals surface area (Å²) in [6.45, 7) is 7.44. The quantitative estimate of drug-likeness (QED) is 0.569. The minimum atomic E-state index is 0.459. The number of benzene rings is 1. The lowest BCUT2D eigenvalue weighted by atomic mass is 10.0. The van der Waals surface area contributed by atoms with Crippen molar-refractivity contribution in [1.29, 1.82) is 0 Å². The summed E-state index contributed by atoms with van der Waals surface area (Å²) in [5, 5.41) is 11.6. The van der Waals surface area contributed by atoms with Crippen molar-refractivity contribution < 1.29 is 4.52 Å². The molecule has 0 saturated carbocycles. The zero-order valence-corrected chi connectivity index (χ0v) is 17.5. The standard InChI is InChI=1S/C20H29ClN6O/c1-14(2)27-12-9-17(10-13-27)24-20(22-3)23-11-8-18-25-19(26-28-18)15-4-6-16(21)7-5-15/h4-7,14,17H,8-13H2,1-3H3,(H2,22,23,24). The first kappa shape index (κ1) is 20.6. The average Bonchev–Trinajstić information content (AvgIpc) is 3.17. The van der Waals surface area contributed by atoms with Gasteiger partial charge in [-0.2, -0.15) is 4.98 Å². The lowest BCUT2D eigenvalue weighted by Crippen LogP contribution is -2.50. The molecule has 3 rings (SSSR count). The van der Waals surface area contributed by atoms with Crippen LogP contribution >= 0.6 is 11.6 Å². The van der Waals surface area contributed by atoms with Gasteiger partial charge in [0, 0.05) is 55.8 Å². The number of hydrogen-bond donors (Lipinski definition) is 2. The van der Waals surface area contributed by atoms with Crippen LogP contribution in [0, 0.1) is 0 Å². The number of guanidine groups is 1. The third kappa shape index (κ3) is 5.69. The molecule has 1 aliphatic heterocycles. The molecule has 28 heavy (non-hydrogen) atoms. The maximum atomic E-state index is 5.91. The summed E-state index contributed by atoms with van der Waals surface area (Å²) in [6.07, 6.45) is 2.90. The predicted octanol–water partition coefficient (Wildman–Crippen LogP) is 2.97. The summed E-state index contributed by atoms with van der Waals surface area (Å²) in [6, 6.07) is 8.47. The Kier molecular flexibility index (Phi) is 7.28. The van der Waals surface area contributed by atoms with E-state index >= 15 is 0 Å². The number of aliphatic imine (C=N–C) groups is 1.